The van der Waals surface area contributed by atoms with E-state index in [-0.39, 0.29) is 17.9 Å². The second-order valence-electron chi connectivity index (χ2n) is 6.64. The van der Waals surface area contributed by atoms with Crippen LogP contribution in [0.5, 0.6) is 23.0 Å². The number of rotatable bonds is 7. The molecule has 0 radical (unpaired) electrons. The van der Waals surface area contributed by atoms with E-state index in [2.05, 4.69) is 0 Å². The van der Waals surface area contributed by atoms with Crippen LogP contribution in [0.25, 0.3) is 22.0 Å². The molecule has 0 saturated carbocycles. The van der Waals surface area contributed by atoms with Crippen LogP contribution in [0.2, 0.25) is 0 Å². The number of hydrogen-bond donors (Lipinski definition) is 0. The standard InChI is InChI=1S/C23H25NO7/c1-7-31-23(25)21-13(2)24(26)16-12-20(30-6)19(29-5)11-15(16)22(21)14-8-9-17(27-3)18(10-14)28-4/h8-12H,7H2,1-6H3. The zero-order chi connectivity index (χ0) is 22.7. The normalized spacial score (nSPS) is 10.6. The van der Waals surface area contributed by atoms with E-state index in [1.807, 2.05) is 0 Å². The fourth-order valence-corrected chi connectivity index (χ4v) is 3.58. The molecule has 0 aliphatic heterocycles. The Kier molecular flexibility index (Phi) is 6.39. The summed E-state index contributed by atoms with van der Waals surface area (Å²) in [6.45, 7) is 3.47. The number of carbonyl (C=O) groups is 1. The van der Waals surface area contributed by atoms with Crippen molar-refractivity contribution >= 4 is 16.9 Å². The van der Waals surface area contributed by atoms with E-state index >= 15 is 0 Å². The minimum atomic E-state index is -0.592. The molecule has 2 aromatic carbocycles. The Hall–Kier alpha value is -3.68. The summed E-state index contributed by atoms with van der Waals surface area (Å²) >= 11 is 0. The van der Waals surface area contributed by atoms with Gasteiger partial charge in [-0.1, -0.05) is 6.07 Å². The van der Waals surface area contributed by atoms with Crippen LogP contribution in [0.3, 0.4) is 0 Å². The monoisotopic (exact) mass is 427 g/mol. The summed E-state index contributed by atoms with van der Waals surface area (Å²) in [5, 5.41) is 13.6. The average molecular weight is 427 g/mol. The SMILES string of the molecule is CCOC(=O)c1c(-c2ccc(OC)c(OC)c2)c2cc(OC)c(OC)cc2[n+]([O-])c1C. The fraction of sp³-hybridized carbons (Fsp3) is 0.304. The second-order valence-corrected chi connectivity index (χ2v) is 6.64. The minimum Gasteiger partial charge on any atom is -0.618 e. The van der Waals surface area contributed by atoms with Crippen molar-refractivity contribution in [1.82, 2.24) is 0 Å². The van der Waals surface area contributed by atoms with Crippen molar-refractivity contribution in [3.05, 3.63) is 46.8 Å². The predicted octanol–water partition coefficient (Wildman–Crippen LogP) is 3.66. The molecular formula is C23H25NO7. The lowest BCUT2D eigenvalue weighted by molar-refractivity contribution is -0.584. The predicted molar refractivity (Wildman–Crippen MR) is 115 cm³/mol. The lowest BCUT2D eigenvalue weighted by Crippen LogP contribution is -2.34. The summed E-state index contributed by atoms with van der Waals surface area (Å²) in [6.07, 6.45) is 0. The molecule has 3 rings (SSSR count). The Morgan fingerprint density at radius 3 is 2.06 bits per heavy atom. The topological polar surface area (TPSA) is 90.2 Å². The van der Waals surface area contributed by atoms with Crippen LogP contribution in [0, 0.1) is 12.1 Å². The van der Waals surface area contributed by atoms with Gasteiger partial charge in [-0.15, -0.1) is 0 Å². The van der Waals surface area contributed by atoms with Gasteiger partial charge in [0, 0.05) is 12.5 Å². The average Bonchev–Trinajstić information content (AvgIpc) is 2.79. The molecular weight excluding hydrogens is 402 g/mol. The van der Waals surface area contributed by atoms with Gasteiger partial charge in [-0.05, 0) is 30.7 Å². The highest BCUT2D eigenvalue weighted by atomic mass is 16.5. The maximum absolute atomic E-state index is 13.1. The molecule has 0 fully saturated rings. The van der Waals surface area contributed by atoms with Gasteiger partial charge in [0.1, 0.15) is 5.56 Å². The van der Waals surface area contributed by atoms with Gasteiger partial charge in [0.15, 0.2) is 23.0 Å². The van der Waals surface area contributed by atoms with Gasteiger partial charge in [0.05, 0.1) is 46.5 Å². The zero-order valence-corrected chi connectivity index (χ0v) is 18.4. The maximum Gasteiger partial charge on any atom is 0.345 e. The maximum atomic E-state index is 13.1. The van der Waals surface area contributed by atoms with Crippen LogP contribution >= 0.6 is 0 Å². The highest BCUT2D eigenvalue weighted by molar-refractivity contribution is 6.07. The van der Waals surface area contributed by atoms with Crippen molar-refractivity contribution in [2.24, 2.45) is 0 Å². The van der Waals surface area contributed by atoms with Crippen molar-refractivity contribution < 1.29 is 33.2 Å². The third-order valence-electron chi connectivity index (χ3n) is 5.06. The van der Waals surface area contributed by atoms with Crippen LogP contribution in [-0.4, -0.2) is 41.0 Å². The lowest BCUT2D eigenvalue weighted by Gasteiger charge is -2.18. The van der Waals surface area contributed by atoms with Gasteiger partial charge in [0.25, 0.3) is 0 Å². The van der Waals surface area contributed by atoms with E-state index in [9.17, 15) is 10.0 Å². The third kappa shape index (κ3) is 3.76. The number of fused-ring (bicyclic) bond motifs is 1. The smallest absolute Gasteiger partial charge is 0.345 e. The third-order valence-corrected chi connectivity index (χ3v) is 5.06. The molecule has 0 unspecified atom stereocenters. The van der Waals surface area contributed by atoms with Crippen molar-refractivity contribution in [2.45, 2.75) is 13.8 Å². The Labute approximate surface area is 180 Å². The molecule has 0 saturated heterocycles. The highest BCUT2D eigenvalue weighted by Gasteiger charge is 2.29. The Morgan fingerprint density at radius 1 is 0.903 bits per heavy atom. The van der Waals surface area contributed by atoms with E-state index in [0.717, 1.165) is 0 Å². The first-order valence-corrected chi connectivity index (χ1v) is 9.63. The van der Waals surface area contributed by atoms with Gasteiger partial charge < -0.3 is 28.9 Å². The molecule has 0 aliphatic rings. The molecule has 0 N–H and O–H groups in total. The van der Waals surface area contributed by atoms with E-state index in [1.165, 1.54) is 21.3 Å². The summed E-state index contributed by atoms with van der Waals surface area (Å²) in [5.74, 6) is 1.27. The molecule has 0 aliphatic carbocycles. The van der Waals surface area contributed by atoms with E-state index in [1.54, 1.807) is 51.3 Å². The van der Waals surface area contributed by atoms with Gasteiger partial charge in [-0.25, -0.2) is 4.79 Å². The molecule has 8 heteroatoms. The molecule has 0 bridgehead atoms. The van der Waals surface area contributed by atoms with Gasteiger partial charge >= 0.3 is 5.97 Å². The number of carbonyl (C=O) groups excluding carboxylic acids is 1. The number of nitrogens with zero attached hydrogens (tertiary/aromatic N) is 1. The Morgan fingerprint density at radius 2 is 1.48 bits per heavy atom. The molecule has 31 heavy (non-hydrogen) atoms. The van der Waals surface area contributed by atoms with Crippen molar-refractivity contribution in [3.63, 3.8) is 0 Å². The van der Waals surface area contributed by atoms with Crippen molar-refractivity contribution in [1.29, 1.82) is 0 Å². The minimum absolute atomic E-state index is 0.170. The summed E-state index contributed by atoms with van der Waals surface area (Å²) < 4.78 is 27.6. The molecule has 0 spiro atoms. The van der Waals surface area contributed by atoms with Crippen LogP contribution in [-0.2, 0) is 4.74 Å². The zero-order valence-electron chi connectivity index (χ0n) is 18.4. The largest absolute Gasteiger partial charge is 0.618 e. The van der Waals surface area contributed by atoms with E-state index in [4.69, 9.17) is 23.7 Å². The van der Waals surface area contributed by atoms with Crippen LogP contribution in [0.1, 0.15) is 23.0 Å². The number of pyridine rings is 1. The summed E-state index contributed by atoms with van der Waals surface area (Å²) in [7, 11) is 6.07. The number of aromatic nitrogens is 1. The summed E-state index contributed by atoms with van der Waals surface area (Å²) in [5.41, 5.74) is 1.89. The van der Waals surface area contributed by atoms with Crippen LogP contribution in [0.15, 0.2) is 30.3 Å². The van der Waals surface area contributed by atoms with Crippen LogP contribution < -0.4 is 23.7 Å². The number of ether oxygens (including phenoxy) is 5. The molecule has 1 aromatic heterocycles. The Bertz CT molecular complexity index is 1140. The molecule has 1 heterocycles. The highest BCUT2D eigenvalue weighted by Crippen LogP contribution is 2.41. The van der Waals surface area contributed by atoms with Crippen molar-refractivity contribution in [2.75, 3.05) is 35.0 Å². The molecule has 0 atom stereocenters. The van der Waals surface area contributed by atoms with E-state index < -0.39 is 5.97 Å². The number of benzene rings is 2. The molecule has 164 valence electrons. The fourth-order valence-electron chi connectivity index (χ4n) is 3.58. The molecule has 3 aromatic rings. The summed E-state index contributed by atoms with van der Waals surface area (Å²) in [6, 6.07) is 8.55. The summed E-state index contributed by atoms with van der Waals surface area (Å²) in [4.78, 5) is 12.9. The van der Waals surface area contributed by atoms with Gasteiger partial charge in [-0.2, -0.15) is 4.73 Å². The molecule has 8 nitrogen and oxygen atoms in total. The van der Waals surface area contributed by atoms with E-state index in [0.29, 0.717) is 49.8 Å². The number of methoxy groups -OCH3 is 4. The van der Waals surface area contributed by atoms with Gasteiger partial charge in [-0.3, -0.25) is 0 Å². The first kappa shape index (κ1) is 22.0. The first-order chi connectivity index (χ1) is 14.9. The number of esters is 1. The van der Waals surface area contributed by atoms with Gasteiger partial charge in [0.2, 0.25) is 11.2 Å². The van der Waals surface area contributed by atoms with Crippen molar-refractivity contribution in [3.8, 4) is 34.1 Å². The first-order valence-electron chi connectivity index (χ1n) is 9.63. The molecule has 0 amide bonds. The lowest BCUT2D eigenvalue weighted by atomic mass is 9.93. The van der Waals surface area contributed by atoms with Crippen LogP contribution in [0.4, 0.5) is 0 Å². The second kappa shape index (κ2) is 8.99. The Balaban J connectivity index is 2.50. The quantitative estimate of drug-likeness (QED) is 0.323. The number of hydrogen-bond acceptors (Lipinski definition) is 7.